The van der Waals surface area contributed by atoms with Crippen LogP contribution in [0.4, 0.5) is 8.78 Å². The summed E-state index contributed by atoms with van der Waals surface area (Å²) in [6.07, 6.45) is 7.88. The molecular formula is C19H32F2O2. The van der Waals surface area contributed by atoms with Crippen molar-refractivity contribution in [1.82, 2.24) is 0 Å². The van der Waals surface area contributed by atoms with Crippen LogP contribution in [0.15, 0.2) is 0 Å². The zero-order valence-electron chi connectivity index (χ0n) is 14.4. The Balaban J connectivity index is 1.63. The summed E-state index contributed by atoms with van der Waals surface area (Å²) in [5.74, 6) is 0.556. The summed E-state index contributed by atoms with van der Waals surface area (Å²) in [4.78, 5) is 12.2. The summed E-state index contributed by atoms with van der Waals surface area (Å²) in [5.41, 5.74) is 0. The molecule has 2 saturated carbocycles. The molecule has 0 aliphatic heterocycles. The lowest BCUT2D eigenvalue weighted by molar-refractivity contribution is -0.159. The van der Waals surface area contributed by atoms with E-state index < -0.39 is 18.4 Å². The monoisotopic (exact) mass is 330 g/mol. The molecule has 0 spiro atoms. The van der Waals surface area contributed by atoms with E-state index in [1.54, 1.807) is 0 Å². The fraction of sp³-hybridized carbons (Fsp3) is 0.947. The summed E-state index contributed by atoms with van der Waals surface area (Å²) in [6.45, 7) is 2.22. The van der Waals surface area contributed by atoms with E-state index in [1.165, 1.54) is 32.1 Å². The number of alkyl halides is 2. The molecule has 2 aliphatic rings. The number of halogens is 2. The lowest BCUT2D eigenvalue weighted by Gasteiger charge is -2.31. The maximum atomic E-state index is 13.4. The number of carbonyl (C=O) groups is 1. The number of unbranched alkanes of at least 4 members (excludes halogenated alkanes) is 3. The van der Waals surface area contributed by atoms with E-state index in [4.69, 9.17) is 4.74 Å². The number of hydrogen-bond acceptors (Lipinski definition) is 2. The first kappa shape index (κ1) is 18.7. The molecule has 134 valence electrons. The Labute approximate surface area is 139 Å². The molecule has 0 aromatic rings. The van der Waals surface area contributed by atoms with Crippen LogP contribution in [0, 0.1) is 11.8 Å². The summed E-state index contributed by atoms with van der Waals surface area (Å²) < 4.78 is 32.0. The van der Waals surface area contributed by atoms with Gasteiger partial charge in [0.05, 0.1) is 5.92 Å². The molecule has 0 heterocycles. The van der Waals surface area contributed by atoms with Gasteiger partial charge in [0, 0.05) is 6.42 Å². The smallest absolute Gasteiger partial charge is 0.309 e. The second-order valence-corrected chi connectivity index (χ2v) is 7.47. The largest absolute Gasteiger partial charge is 0.462 e. The van der Waals surface area contributed by atoms with E-state index in [1.807, 2.05) is 0 Å². The van der Waals surface area contributed by atoms with Crippen molar-refractivity contribution in [3.63, 3.8) is 0 Å². The molecule has 0 aromatic carbocycles. The quantitative estimate of drug-likeness (QED) is 0.453. The van der Waals surface area contributed by atoms with Crippen LogP contribution in [0.25, 0.3) is 0 Å². The molecule has 23 heavy (non-hydrogen) atoms. The number of ether oxygens (including phenoxy) is 1. The van der Waals surface area contributed by atoms with Crippen molar-refractivity contribution in [2.24, 2.45) is 11.8 Å². The molecule has 3 unspecified atom stereocenters. The highest BCUT2D eigenvalue weighted by atomic mass is 19.2. The zero-order valence-corrected chi connectivity index (χ0v) is 14.4. The van der Waals surface area contributed by atoms with Crippen LogP contribution in [-0.2, 0) is 9.53 Å². The van der Waals surface area contributed by atoms with E-state index in [0.717, 1.165) is 31.6 Å². The lowest BCUT2D eigenvalue weighted by Crippen LogP contribution is -2.35. The maximum absolute atomic E-state index is 13.4. The fourth-order valence-electron chi connectivity index (χ4n) is 3.96. The molecular weight excluding hydrogens is 298 g/mol. The standard InChI is InChI=1S/C19H32F2O2/c1-2-3-4-5-6-14-7-9-15(10-8-14)19(22)23-16-11-12-17(20)18(21)13-16/h14-18H,2-13H2,1H3. The predicted molar refractivity (Wildman–Crippen MR) is 87.7 cm³/mol. The van der Waals surface area contributed by atoms with Crippen molar-refractivity contribution < 1.29 is 18.3 Å². The minimum Gasteiger partial charge on any atom is -0.462 e. The first-order chi connectivity index (χ1) is 11.1. The van der Waals surface area contributed by atoms with Gasteiger partial charge in [0.2, 0.25) is 0 Å². The van der Waals surface area contributed by atoms with Gasteiger partial charge in [-0.15, -0.1) is 0 Å². The second-order valence-electron chi connectivity index (χ2n) is 7.47. The third-order valence-electron chi connectivity index (χ3n) is 5.57. The molecule has 0 N–H and O–H groups in total. The normalized spacial score (nSPS) is 35.0. The van der Waals surface area contributed by atoms with Gasteiger partial charge < -0.3 is 4.74 Å². The second kappa shape index (κ2) is 9.58. The van der Waals surface area contributed by atoms with E-state index in [2.05, 4.69) is 6.92 Å². The molecule has 4 heteroatoms. The molecule has 0 aromatic heterocycles. The summed E-state index contributed by atoms with van der Waals surface area (Å²) in [7, 11) is 0. The Morgan fingerprint density at radius 1 is 0.957 bits per heavy atom. The van der Waals surface area contributed by atoms with Gasteiger partial charge in [-0.1, -0.05) is 39.0 Å². The Hall–Kier alpha value is -0.670. The molecule has 2 fully saturated rings. The Morgan fingerprint density at radius 2 is 1.70 bits per heavy atom. The van der Waals surface area contributed by atoms with Crippen LogP contribution in [0.3, 0.4) is 0 Å². The molecule has 0 bridgehead atoms. The molecule has 3 atom stereocenters. The molecule has 2 nitrogen and oxygen atoms in total. The summed E-state index contributed by atoms with van der Waals surface area (Å²) in [6, 6.07) is 0. The van der Waals surface area contributed by atoms with E-state index >= 15 is 0 Å². The molecule has 0 saturated heterocycles. The summed E-state index contributed by atoms with van der Waals surface area (Å²) in [5, 5.41) is 0. The van der Waals surface area contributed by atoms with Crippen LogP contribution in [-0.4, -0.2) is 24.4 Å². The highest BCUT2D eigenvalue weighted by Gasteiger charge is 2.34. The van der Waals surface area contributed by atoms with E-state index in [-0.39, 0.29) is 24.7 Å². The van der Waals surface area contributed by atoms with Gasteiger partial charge >= 0.3 is 5.97 Å². The third kappa shape index (κ3) is 6.04. The van der Waals surface area contributed by atoms with Crippen LogP contribution < -0.4 is 0 Å². The van der Waals surface area contributed by atoms with Gasteiger partial charge in [-0.25, -0.2) is 8.78 Å². The molecule has 2 aliphatic carbocycles. The SMILES string of the molecule is CCCCCCC1CCC(C(=O)OC2CCC(F)C(F)C2)CC1. The minimum atomic E-state index is -1.47. The third-order valence-corrected chi connectivity index (χ3v) is 5.57. The highest BCUT2D eigenvalue weighted by Crippen LogP contribution is 2.34. The van der Waals surface area contributed by atoms with Crippen molar-refractivity contribution >= 4 is 5.97 Å². The van der Waals surface area contributed by atoms with Crippen molar-refractivity contribution in [1.29, 1.82) is 0 Å². The van der Waals surface area contributed by atoms with Gasteiger partial charge in [-0.2, -0.15) is 0 Å². The average molecular weight is 330 g/mol. The van der Waals surface area contributed by atoms with Gasteiger partial charge in [0.15, 0.2) is 0 Å². The Kier molecular flexibility index (Phi) is 7.78. The average Bonchev–Trinajstić information content (AvgIpc) is 2.55. The molecule has 2 rings (SSSR count). The first-order valence-electron chi connectivity index (χ1n) is 9.58. The number of carbonyl (C=O) groups excluding carboxylic acids is 1. The highest BCUT2D eigenvalue weighted by molar-refractivity contribution is 5.72. The molecule has 0 amide bonds. The number of esters is 1. The predicted octanol–water partition coefficient (Wildman–Crippen LogP) is 5.54. The van der Waals surface area contributed by atoms with Crippen LogP contribution in [0.1, 0.15) is 84.0 Å². The zero-order chi connectivity index (χ0) is 16.7. The maximum Gasteiger partial charge on any atom is 0.309 e. The number of hydrogen-bond donors (Lipinski definition) is 0. The van der Waals surface area contributed by atoms with E-state index in [9.17, 15) is 13.6 Å². The Bertz CT molecular complexity index is 353. The van der Waals surface area contributed by atoms with Crippen LogP contribution >= 0.6 is 0 Å². The van der Waals surface area contributed by atoms with Crippen molar-refractivity contribution in [2.45, 2.75) is 102 Å². The van der Waals surface area contributed by atoms with Crippen molar-refractivity contribution in [2.75, 3.05) is 0 Å². The van der Waals surface area contributed by atoms with Crippen LogP contribution in [0.2, 0.25) is 0 Å². The van der Waals surface area contributed by atoms with Crippen molar-refractivity contribution in [3.05, 3.63) is 0 Å². The first-order valence-corrected chi connectivity index (χ1v) is 9.58. The van der Waals surface area contributed by atoms with Gasteiger partial charge in [0.25, 0.3) is 0 Å². The lowest BCUT2D eigenvalue weighted by atomic mass is 9.79. The topological polar surface area (TPSA) is 26.3 Å². The Morgan fingerprint density at radius 3 is 2.35 bits per heavy atom. The molecule has 0 radical (unpaired) electrons. The van der Waals surface area contributed by atoms with Gasteiger partial charge in [0.1, 0.15) is 18.4 Å². The summed E-state index contributed by atoms with van der Waals surface area (Å²) >= 11 is 0. The van der Waals surface area contributed by atoms with Crippen molar-refractivity contribution in [3.8, 4) is 0 Å². The number of rotatable bonds is 7. The van der Waals surface area contributed by atoms with Gasteiger partial charge in [-0.05, 0) is 44.4 Å². The van der Waals surface area contributed by atoms with E-state index in [0.29, 0.717) is 6.42 Å². The van der Waals surface area contributed by atoms with Crippen LogP contribution in [0.5, 0.6) is 0 Å². The minimum absolute atomic E-state index is 0.0250. The fourth-order valence-corrected chi connectivity index (χ4v) is 3.96. The van der Waals surface area contributed by atoms with Gasteiger partial charge in [-0.3, -0.25) is 4.79 Å².